The Bertz CT molecular complexity index is 350. The van der Waals surface area contributed by atoms with Gasteiger partial charge in [-0.3, -0.25) is 9.69 Å². The van der Waals surface area contributed by atoms with Crippen LogP contribution in [0.3, 0.4) is 0 Å². The van der Waals surface area contributed by atoms with Gasteiger partial charge in [0.25, 0.3) is 0 Å². The zero-order valence-electron chi connectivity index (χ0n) is 12.7. The van der Waals surface area contributed by atoms with E-state index in [4.69, 9.17) is 0 Å². The zero-order chi connectivity index (χ0) is 16.1. The number of halogens is 3. The van der Waals surface area contributed by atoms with Gasteiger partial charge in [0.05, 0.1) is 6.54 Å². The fourth-order valence-corrected chi connectivity index (χ4v) is 3.08. The van der Waals surface area contributed by atoms with E-state index in [9.17, 15) is 23.1 Å². The first-order valence-electron chi connectivity index (χ1n) is 7.53. The highest BCUT2D eigenvalue weighted by atomic mass is 19.4. The number of carboxylic acid groups (broad SMARTS) is 1. The highest BCUT2D eigenvalue weighted by molar-refractivity contribution is 5.79. The number of carbonyl (C=O) groups is 1. The highest BCUT2D eigenvalue weighted by Gasteiger charge is 2.45. The molecule has 0 saturated heterocycles. The Labute approximate surface area is 123 Å². The largest absolute Gasteiger partial charge is 0.480 e. The summed E-state index contributed by atoms with van der Waals surface area (Å²) >= 11 is 0. The van der Waals surface area contributed by atoms with Gasteiger partial charge < -0.3 is 10.4 Å². The minimum absolute atomic E-state index is 0.228. The molecule has 1 rings (SSSR count). The van der Waals surface area contributed by atoms with Crippen LogP contribution in [0.25, 0.3) is 0 Å². The third-order valence-corrected chi connectivity index (χ3v) is 4.15. The standard InChI is InChI=1S/C14H25F3N2O2/c1-3-8-18-13(12(20)21)7-5-6-11(9-13)19(4-2)10-14(15,16)17/h11,18H,3-10H2,1-2H3,(H,20,21). The molecule has 1 aliphatic carbocycles. The molecule has 0 amide bonds. The van der Waals surface area contributed by atoms with Crippen LogP contribution in [-0.4, -0.2) is 53.4 Å². The minimum Gasteiger partial charge on any atom is -0.480 e. The van der Waals surface area contributed by atoms with Crippen molar-refractivity contribution in [2.45, 2.75) is 63.7 Å². The highest BCUT2D eigenvalue weighted by Crippen LogP contribution is 2.33. The molecule has 0 radical (unpaired) electrons. The quantitative estimate of drug-likeness (QED) is 0.759. The molecule has 1 fully saturated rings. The van der Waals surface area contributed by atoms with Crippen LogP contribution < -0.4 is 5.32 Å². The SMILES string of the molecule is CCCNC1(C(=O)O)CCCC(N(CC)CC(F)(F)F)C1. The summed E-state index contributed by atoms with van der Waals surface area (Å²) in [5.41, 5.74) is -1.09. The molecule has 2 atom stereocenters. The van der Waals surface area contributed by atoms with Crippen LogP contribution in [0.2, 0.25) is 0 Å². The number of nitrogens with zero attached hydrogens (tertiary/aromatic N) is 1. The van der Waals surface area contributed by atoms with Crippen LogP contribution in [0.1, 0.15) is 46.0 Å². The van der Waals surface area contributed by atoms with E-state index < -0.39 is 24.2 Å². The second kappa shape index (κ2) is 7.45. The maximum absolute atomic E-state index is 12.6. The van der Waals surface area contributed by atoms with E-state index in [2.05, 4.69) is 5.32 Å². The molecule has 4 nitrogen and oxygen atoms in total. The summed E-state index contributed by atoms with van der Waals surface area (Å²) in [5.74, 6) is -0.955. The molecule has 0 aromatic carbocycles. The number of nitrogens with one attached hydrogen (secondary N) is 1. The molecule has 21 heavy (non-hydrogen) atoms. The van der Waals surface area contributed by atoms with Crippen molar-refractivity contribution in [1.82, 2.24) is 10.2 Å². The number of carboxylic acids is 1. The van der Waals surface area contributed by atoms with E-state index in [1.807, 2.05) is 6.92 Å². The maximum Gasteiger partial charge on any atom is 0.401 e. The van der Waals surface area contributed by atoms with Gasteiger partial charge in [0.15, 0.2) is 0 Å². The Morgan fingerprint density at radius 2 is 2.10 bits per heavy atom. The smallest absolute Gasteiger partial charge is 0.401 e. The van der Waals surface area contributed by atoms with Crippen LogP contribution in [0.4, 0.5) is 13.2 Å². The summed E-state index contributed by atoms with van der Waals surface area (Å²) in [5, 5.41) is 12.6. The van der Waals surface area contributed by atoms with Crippen molar-refractivity contribution in [3.63, 3.8) is 0 Å². The molecule has 124 valence electrons. The molecular formula is C14H25F3N2O2. The van der Waals surface area contributed by atoms with Gasteiger partial charge in [-0.15, -0.1) is 0 Å². The average Bonchev–Trinajstić information content (AvgIpc) is 2.41. The lowest BCUT2D eigenvalue weighted by atomic mass is 9.78. The number of aliphatic carboxylic acids is 1. The van der Waals surface area contributed by atoms with Gasteiger partial charge >= 0.3 is 12.1 Å². The molecule has 1 aliphatic rings. The van der Waals surface area contributed by atoms with Gasteiger partial charge in [0.1, 0.15) is 5.54 Å². The Kier molecular flexibility index (Phi) is 6.46. The zero-order valence-corrected chi connectivity index (χ0v) is 12.7. The molecular weight excluding hydrogens is 285 g/mol. The Hall–Kier alpha value is -0.820. The monoisotopic (exact) mass is 310 g/mol. The van der Waals surface area contributed by atoms with Crippen molar-refractivity contribution >= 4 is 5.97 Å². The Morgan fingerprint density at radius 1 is 1.43 bits per heavy atom. The number of rotatable bonds is 7. The summed E-state index contributed by atoms with van der Waals surface area (Å²) < 4.78 is 37.9. The van der Waals surface area contributed by atoms with Crippen LogP contribution in [0.5, 0.6) is 0 Å². The molecule has 2 N–H and O–H groups in total. The molecule has 7 heteroatoms. The van der Waals surface area contributed by atoms with Crippen LogP contribution in [-0.2, 0) is 4.79 Å². The van der Waals surface area contributed by atoms with Gasteiger partial charge in [0.2, 0.25) is 0 Å². The van der Waals surface area contributed by atoms with Crippen LogP contribution in [0.15, 0.2) is 0 Å². The predicted octanol–water partition coefficient (Wildman–Crippen LogP) is 2.64. The lowest BCUT2D eigenvalue weighted by Crippen LogP contribution is -2.59. The van der Waals surface area contributed by atoms with Gasteiger partial charge in [-0.2, -0.15) is 13.2 Å². The fraction of sp³-hybridized carbons (Fsp3) is 0.929. The lowest BCUT2D eigenvalue weighted by Gasteiger charge is -2.42. The van der Waals surface area contributed by atoms with Gasteiger partial charge in [-0.05, 0) is 45.2 Å². The minimum atomic E-state index is -4.25. The van der Waals surface area contributed by atoms with Crippen LogP contribution >= 0.6 is 0 Å². The van der Waals surface area contributed by atoms with Crippen molar-refractivity contribution in [1.29, 1.82) is 0 Å². The predicted molar refractivity (Wildman–Crippen MR) is 74.2 cm³/mol. The second-order valence-corrected chi connectivity index (χ2v) is 5.74. The average molecular weight is 310 g/mol. The topological polar surface area (TPSA) is 52.6 Å². The number of hydrogen-bond donors (Lipinski definition) is 2. The lowest BCUT2D eigenvalue weighted by molar-refractivity contribution is -0.156. The number of alkyl halides is 3. The van der Waals surface area contributed by atoms with E-state index in [1.54, 1.807) is 6.92 Å². The van der Waals surface area contributed by atoms with Crippen molar-refractivity contribution < 1.29 is 23.1 Å². The first kappa shape index (κ1) is 18.2. The molecule has 2 unspecified atom stereocenters. The summed E-state index contributed by atoms with van der Waals surface area (Å²) in [4.78, 5) is 13.0. The summed E-state index contributed by atoms with van der Waals surface area (Å²) in [6.07, 6.45) is -1.51. The van der Waals surface area contributed by atoms with E-state index in [0.29, 0.717) is 25.8 Å². The third kappa shape index (κ3) is 5.14. The van der Waals surface area contributed by atoms with Gasteiger partial charge in [0, 0.05) is 6.04 Å². The fourth-order valence-electron chi connectivity index (χ4n) is 3.08. The van der Waals surface area contributed by atoms with Gasteiger partial charge in [-0.25, -0.2) is 0 Å². The molecule has 0 bridgehead atoms. The second-order valence-electron chi connectivity index (χ2n) is 5.74. The van der Waals surface area contributed by atoms with E-state index in [1.165, 1.54) is 4.90 Å². The molecule has 0 spiro atoms. The summed E-state index contributed by atoms with van der Waals surface area (Å²) in [6, 6.07) is -0.342. The molecule has 0 aromatic rings. The first-order valence-corrected chi connectivity index (χ1v) is 7.53. The molecule has 1 saturated carbocycles. The van der Waals surface area contributed by atoms with E-state index >= 15 is 0 Å². The Morgan fingerprint density at radius 3 is 2.57 bits per heavy atom. The summed E-state index contributed by atoms with van der Waals surface area (Å²) in [7, 11) is 0. The van der Waals surface area contributed by atoms with Gasteiger partial charge in [-0.1, -0.05) is 13.8 Å². The van der Waals surface area contributed by atoms with E-state index in [0.717, 1.165) is 6.42 Å². The van der Waals surface area contributed by atoms with E-state index in [-0.39, 0.29) is 19.0 Å². The molecule has 0 aliphatic heterocycles. The first-order chi connectivity index (χ1) is 9.74. The summed E-state index contributed by atoms with van der Waals surface area (Å²) in [6.45, 7) is 3.48. The van der Waals surface area contributed by atoms with Crippen LogP contribution in [0, 0.1) is 0 Å². The van der Waals surface area contributed by atoms with Crippen molar-refractivity contribution in [2.75, 3.05) is 19.6 Å². The van der Waals surface area contributed by atoms with Crippen molar-refractivity contribution in [3.05, 3.63) is 0 Å². The normalized spacial score (nSPS) is 27.0. The maximum atomic E-state index is 12.6. The third-order valence-electron chi connectivity index (χ3n) is 4.15. The van der Waals surface area contributed by atoms with Crippen molar-refractivity contribution in [3.8, 4) is 0 Å². The number of hydrogen-bond acceptors (Lipinski definition) is 3. The Balaban J connectivity index is 2.82. The molecule has 0 aromatic heterocycles. The van der Waals surface area contributed by atoms with Crippen molar-refractivity contribution in [2.24, 2.45) is 0 Å². The molecule has 0 heterocycles.